The quantitative estimate of drug-likeness (QED) is 0.254. The summed E-state index contributed by atoms with van der Waals surface area (Å²) in [5, 5.41) is 0.903. The molecule has 5 heteroatoms. The van der Waals surface area contributed by atoms with E-state index < -0.39 is 0 Å². The predicted octanol–water partition coefficient (Wildman–Crippen LogP) is 6.85. The number of anilines is 1. The molecule has 5 aromatic rings. The van der Waals surface area contributed by atoms with Gasteiger partial charge >= 0.3 is 0 Å². The van der Waals surface area contributed by atoms with Crippen LogP contribution in [0.2, 0.25) is 0 Å². The van der Waals surface area contributed by atoms with E-state index in [-0.39, 0.29) is 5.54 Å². The number of hydrogen-bond donors (Lipinski definition) is 2. The van der Waals surface area contributed by atoms with Crippen LogP contribution < -0.4 is 11.2 Å². The highest BCUT2D eigenvalue weighted by Gasteiger charge is 2.34. The molecule has 0 saturated heterocycles. The van der Waals surface area contributed by atoms with Crippen molar-refractivity contribution in [2.75, 3.05) is 5.48 Å². The number of aromatic nitrogens is 2. The molecule has 2 heterocycles. The van der Waals surface area contributed by atoms with Crippen molar-refractivity contribution in [3.63, 3.8) is 0 Å². The Morgan fingerprint density at radius 2 is 1.56 bits per heavy atom. The van der Waals surface area contributed by atoms with E-state index in [4.69, 9.17) is 15.6 Å². The first-order valence-corrected chi connectivity index (χ1v) is 12.4. The molecule has 1 saturated carbocycles. The van der Waals surface area contributed by atoms with E-state index in [9.17, 15) is 0 Å². The molecule has 1 aliphatic rings. The van der Waals surface area contributed by atoms with E-state index in [1.807, 2.05) is 54.6 Å². The standard InChI is InChI=1S/C31H28N4O/c32-31(17-7-18-31)25-14-12-24(13-15-25)29-26(23-10-5-2-6-11-23)20-27-28(34-29)16-19-33-30(27)35-36-21-22-8-3-1-4-9-22/h1-6,8-16,19-20H,7,17-18,21,32H2,(H,33,35). The molecule has 5 nitrogen and oxygen atoms in total. The van der Waals surface area contributed by atoms with Crippen molar-refractivity contribution < 1.29 is 4.84 Å². The largest absolute Gasteiger partial charge is 0.321 e. The number of nitrogens with two attached hydrogens (primary N) is 1. The smallest absolute Gasteiger partial charge is 0.159 e. The first-order chi connectivity index (χ1) is 17.7. The Kier molecular flexibility index (Phi) is 5.93. The number of nitrogens with one attached hydrogen (secondary N) is 1. The molecule has 1 aliphatic carbocycles. The van der Waals surface area contributed by atoms with Crippen molar-refractivity contribution in [2.45, 2.75) is 31.4 Å². The van der Waals surface area contributed by atoms with Crippen LogP contribution in [0.5, 0.6) is 0 Å². The normalized spacial score (nSPS) is 14.4. The summed E-state index contributed by atoms with van der Waals surface area (Å²) in [5.41, 5.74) is 16.7. The molecule has 0 atom stereocenters. The van der Waals surface area contributed by atoms with Crippen molar-refractivity contribution in [3.8, 4) is 22.4 Å². The maximum absolute atomic E-state index is 6.56. The van der Waals surface area contributed by atoms with E-state index in [1.54, 1.807) is 6.20 Å². The van der Waals surface area contributed by atoms with Crippen LogP contribution in [0, 0.1) is 0 Å². The summed E-state index contributed by atoms with van der Waals surface area (Å²) in [6, 6.07) is 33.1. The lowest BCUT2D eigenvalue weighted by Crippen LogP contribution is -2.43. The van der Waals surface area contributed by atoms with Crippen LogP contribution in [0.1, 0.15) is 30.4 Å². The monoisotopic (exact) mass is 472 g/mol. The number of pyridine rings is 2. The number of nitrogens with zero attached hydrogens (tertiary/aromatic N) is 2. The SMILES string of the molecule is NC1(c2ccc(-c3nc4ccnc(NOCc5ccccc5)c4cc3-c3ccccc3)cc2)CCC1. The zero-order valence-electron chi connectivity index (χ0n) is 20.0. The second-order valence-electron chi connectivity index (χ2n) is 9.44. The van der Waals surface area contributed by atoms with Gasteiger partial charge in [0.15, 0.2) is 5.82 Å². The van der Waals surface area contributed by atoms with E-state index in [1.165, 1.54) is 12.0 Å². The van der Waals surface area contributed by atoms with Crippen molar-refractivity contribution >= 4 is 16.7 Å². The molecule has 178 valence electrons. The van der Waals surface area contributed by atoms with Gasteiger partial charge < -0.3 is 5.73 Å². The van der Waals surface area contributed by atoms with E-state index in [2.05, 4.69) is 52.9 Å². The Hall–Kier alpha value is -4.06. The number of fused-ring (bicyclic) bond motifs is 1. The third-order valence-corrected chi connectivity index (χ3v) is 7.06. The molecule has 0 bridgehead atoms. The van der Waals surface area contributed by atoms with Gasteiger partial charge in [-0.3, -0.25) is 4.84 Å². The number of hydrogen-bond acceptors (Lipinski definition) is 5. The summed E-state index contributed by atoms with van der Waals surface area (Å²) in [7, 11) is 0. The minimum absolute atomic E-state index is 0.177. The summed E-state index contributed by atoms with van der Waals surface area (Å²) in [6.45, 7) is 0.435. The highest BCUT2D eigenvalue weighted by Crippen LogP contribution is 2.40. The van der Waals surface area contributed by atoms with Gasteiger partial charge in [0.2, 0.25) is 0 Å². The average Bonchev–Trinajstić information content (AvgIpc) is 2.92. The van der Waals surface area contributed by atoms with E-state index >= 15 is 0 Å². The van der Waals surface area contributed by atoms with Gasteiger partial charge in [0, 0.05) is 28.2 Å². The predicted molar refractivity (Wildman–Crippen MR) is 145 cm³/mol. The van der Waals surface area contributed by atoms with Crippen LogP contribution in [-0.2, 0) is 17.0 Å². The Bertz CT molecular complexity index is 1480. The fourth-order valence-corrected chi connectivity index (χ4v) is 4.80. The molecule has 36 heavy (non-hydrogen) atoms. The van der Waals surface area contributed by atoms with Crippen LogP contribution in [0.25, 0.3) is 33.3 Å². The second-order valence-corrected chi connectivity index (χ2v) is 9.44. The van der Waals surface area contributed by atoms with Gasteiger partial charge in [0.1, 0.15) is 0 Å². The summed E-state index contributed by atoms with van der Waals surface area (Å²) in [4.78, 5) is 15.4. The molecule has 6 rings (SSSR count). The maximum Gasteiger partial charge on any atom is 0.159 e. The molecule has 3 aromatic carbocycles. The van der Waals surface area contributed by atoms with Crippen LogP contribution in [0.4, 0.5) is 5.82 Å². The lowest BCUT2D eigenvalue weighted by molar-refractivity contribution is 0.179. The average molecular weight is 473 g/mol. The van der Waals surface area contributed by atoms with Crippen molar-refractivity contribution in [3.05, 3.63) is 114 Å². The number of rotatable bonds is 7. The summed E-state index contributed by atoms with van der Waals surface area (Å²) >= 11 is 0. The lowest BCUT2D eigenvalue weighted by Gasteiger charge is -2.38. The van der Waals surface area contributed by atoms with Crippen LogP contribution >= 0.6 is 0 Å². The number of benzene rings is 3. The van der Waals surface area contributed by atoms with Crippen molar-refractivity contribution in [1.82, 2.24) is 9.97 Å². The molecule has 0 amide bonds. The molecule has 2 aromatic heterocycles. The highest BCUT2D eigenvalue weighted by molar-refractivity contribution is 5.96. The first kappa shape index (κ1) is 22.4. The zero-order chi connectivity index (χ0) is 24.4. The Morgan fingerprint density at radius 1 is 0.833 bits per heavy atom. The maximum atomic E-state index is 6.56. The van der Waals surface area contributed by atoms with Gasteiger partial charge in [0.25, 0.3) is 0 Å². The van der Waals surface area contributed by atoms with Gasteiger partial charge in [0.05, 0.1) is 17.8 Å². The molecular weight excluding hydrogens is 444 g/mol. The Labute approximate surface area is 210 Å². The van der Waals surface area contributed by atoms with Crippen molar-refractivity contribution in [2.24, 2.45) is 5.73 Å². The fourth-order valence-electron chi connectivity index (χ4n) is 4.80. The Balaban J connectivity index is 1.39. The van der Waals surface area contributed by atoms with Crippen LogP contribution in [-0.4, -0.2) is 9.97 Å². The van der Waals surface area contributed by atoms with Crippen molar-refractivity contribution in [1.29, 1.82) is 0 Å². The zero-order valence-corrected chi connectivity index (χ0v) is 20.0. The van der Waals surface area contributed by atoms with Crippen LogP contribution in [0.3, 0.4) is 0 Å². The molecule has 1 fully saturated rings. The summed E-state index contributed by atoms with van der Waals surface area (Å²) in [6.07, 6.45) is 5.05. The summed E-state index contributed by atoms with van der Waals surface area (Å²) < 4.78 is 0. The lowest BCUT2D eigenvalue weighted by atomic mass is 9.72. The summed E-state index contributed by atoms with van der Waals surface area (Å²) in [5.74, 6) is 0.644. The van der Waals surface area contributed by atoms with E-state index in [0.717, 1.165) is 51.7 Å². The topological polar surface area (TPSA) is 73.1 Å². The van der Waals surface area contributed by atoms with E-state index in [0.29, 0.717) is 12.4 Å². The van der Waals surface area contributed by atoms with Gasteiger partial charge in [-0.2, -0.15) is 0 Å². The second kappa shape index (κ2) is 9.53. The van der Waals surface area contributed by atoms with Gasteiger partial charge in [-0.1, -0.05) is 84.9 Å². The van der Waals surface area contributed by atoms with Gasteiger partial charge in [-0.15, -0.1) is 0 Å². The third kappa shape index (κ3) is 4.35. The first-order valence-electron chi connectivity index (χ1n) is 12.4. The molecule has 0 aliphatic heterocycles. The van der Waals surface area contributed by atoms with Gasteiger partial charge in [-0.25, -0.2) is 15.4 Å². The minimum Gasteiger partial charge on any atom is -0.321 e. The third-order valence-electron chi connectivity index (χ3n) is 7.06. The Morgan fingerprint density at radius 3 is 2.25 bits per heavy atom. The fraction of sp³-hybridized carbons (Fsp3) is 0.161. The molecule has 0 unspecified atom stereocenters. The highest BCUT2D eigenvalue weighted by atomic mass is 16.6. The van der Waals surface area contributed by atoms with Gasteiger partial charge in [-0.05, 0) is 48.1 Å². The molecular formula is C31H28N4O. The van der Waals surface area contributed by atoms with Crippen LogP contribution in [0.15, 0.2) is 103 Å². The molecule has 0 radical (unpaired) electrons. The molecule has 3 N–H and O–H groups in total. The molecule has 0 spiro atoms. The minimum atomic E-state index is -0.177.